The molecule has 0 spiro atoms. The van der Waals surface area contributed by atoms with Crippen molar-refractivity contribution in [3.8, 4) is 36.0 Å². The molecule has 0 aliphatic carbocycles. The summed E-state index contributed by atoms with van der Waals surface area (Å²) in [7, 11) is 0. The highest BCUT2D eigenvalue weighted by molar-refractivity contribution is 5.42. The van der Waals surface area contributed by atoms with Crippen LogP contribution in [0.1, 0.15) is 22.5 Å². The molecule has 0 heteroatoms. The molecule has 0 bridgehead atoms. The summed E-state index contributed by atoms with van der Waals surface area (Å²) in [5.74, 6) is 12.7. The first-order valence-electron chi connectivity index (χ1n) is 3.86. The third-order valence-electron chi connectivity index (χ3n) is 1.46. The van der Waals surface area contributed by atoms with Gasteiger partial charge in [-0.3, -0.25) is 0 Å². The van der Waals surface area contributed by atoms with Crippen LogP contribution in [0.2, 0.25) is 0 Å². The number of aryl methyl sites for hydroxylation is 1. The maximum atomic E-state index is 4.94. The third kappa shape index (κ3) is 3.20. The third-order valence-corrected chi connectivity index (χ3v) is 1.46. The fourth-order valence-corrected chi connectivity index (χ4v) is 0.808. The molecule has 0 atom stereocenters. The summed E-state index contributed by atoms with van der Waals surface area (Å²) in [4.78, 5) is 0. The van der Waals surface area contributed by atoms with E-state index in [1.807, 2.05) is 31.2 Å². The molecule has 13 heavy (non-hydrogen) atoms. The van der Waals surface area contributed by atoms with E-state index in [1.54, 1.807) is 0 Å². The maximum Gasteiger partial charge on any atom is 0.0255 e. The molecule has 0 amide bonds. The SMILES string of the molecule is C#CC#CC#Cc1ccc(C)cc1.[HH].[HH].[HH].[HH].[HH].[HH].[HH].[HH]. The first-order chi connectivity index (χ1) is 6.33. The smallest absolute Gasteiger partial charge is 0.0255 e. The van der Waals surface area contributed by atoms with Gasteiger partial charge in [-0.2, -0.15) is 0 Å². The van der Waals surface area contributed by atoms with Gasteiger partial charge in [-0.25, -0.2) is 0 Å². The summed E-state index contributed by atoms with van der Waals surface area (Å²) in [6.07, 6.45) is 4.94. The van der Waals surface area contributed by atoms with E-state index in [9.17, 15) is 0 Å². The Morgan fingerprint density at radius 3 is 2.38 bits per heavy atom. The van der Waals surface area contributed by atoms with Crippen LogP contribution < -0.4 is 0 Å². The van der Waals surface area contributed by atoms with Gasteiger partial charge in [0.05, 0.1) is 0 Å². The molecule has 0 radical (unpaired) electrons. The van der Waals surface area contributed by atoms with Crippen molar-refractivity contribution in [2.75, 3.05) is 0 Å². The molecular formula is C13H24. The van der Waals surface area contributed by atoms with Crippen LogP contribution in [0.3, 0.4) is 0 Å². The highest BCUT2D eigenvalue weighted by atomic mass is 13.9. The van der Waals surface area contributed by atoms with E-state index in [0.29, 0.717) is 0 Å². The maximum absolute atomic E-state index is 4.94. The Balaban J connectivity index is -0.0000000352. The zero-order valence-electron chi connectivity index (χ0n) is 7.39. The van der Waals surface area contributed by atoms with Crippen molar-refractivity contribution in [3.05, 3.63) is 35.4 Å². The van der Waals surface area contributed by atoms with Crippen LogP contribution in [0.15, 0.2) is 24.3 Å². The van der Waals surface area contributed by atoms with Gasteiger partial charge in [-0.1, -0.05) is 23.6 Å². The Bertz CT molecular complexity index is 453. The molecule has 0 heterocycles. The van der Waals surface area contributed by atoms with Crippen molar-refractivity contribution in [2.24, 2.45) is 0 Å². The Kier molecular flexibility index (Phi) is 3.26. The Morgan fingerprint density at radius 2 is 1.77 bits per heavy atom. The number of rotatable bonds is 0. The molecule has 1 aromatic rings. The summed E-state index contributed by atoms with van der Waals surface area (Å²) >= 11 is 0. The van der Waals surface area contributed by atoms with Gasteiger partial charge in [-0.05, 0) is 42.7 Å². The minimum absolute atomic E-state index is 0. The molecule has 1 aromatic carbocycles. The summed E-state index contributed by atoms with van der Waals surface area (Å²) in [5, 5.41) is 0. The first-order valence-corrected chi connectivity index (χ1v) is 3.86. The molecule has 0 N–H and O–H groups in total. The van der Waals surface area contributed by atoms with Crippen LogP contribution in [0.4, 0.5) is 0 Å². The van der Waals surface area contributed by atoms with Gasteiger partial charge in [0.25, 0.3) is 0 Å². The minimum atomic E-state index is 0. The summed E-state index contributed by atoms with van der Waals surface area (Å²) in [6, 6.07) is 7.94. The van der Waals surface area contributed by atoms with Crippen LogP contribution in [-0.4, -0.2) is 0 Å². The zero-order chi connectivity index (χ0) is 9.52. The summed E-state index contributed by atoms with van der Waals surface area (Å²) in [6.45, 7) is 2.04. The fraction of sp³-hybridized carbons (Fsp3) is 0.0769. The second-order valence-electron chi connectivity index (χ2n) is 2.51. The summed E-state index contributed by atoms with van der Waals surface area (Å²) < 4.78 is 0. The highest BCUT2D eigenvalue weighted by Crippen LogP contribution is 2.00. The van der Waals surface area contributed by atoms with Gasteiger partial charge in [0.2, 0.25) is 0 Å². The average Bonchev–Trinajstić information content (AvgIpc) is 2.15. The Hall–Kier alpha value is -2.10. The van der Waals surface area contributed by atoms with Gasteiger partial charge >= 0.3 is 0 Å². The Labute approximate surface area is 90.9 Å². The minimum Gasteiger partial charge on any atom is -0.106 e. The zero-order valence-corrected chi connectivity index (χ0v) is 7.39. The van der Waals surface area contributed by atoms with Crippen molar-refractivity contribution in [3.63, 3.8) is 0 Å². The van der Waals surface area contributed by atoms with Crippen LogP contribution in [0, 0.1) is 42.9 Å². The van der Waals surface area contributed by atoms with Gasteiger partial charge in [0.1, 0.15) is 0 Å². The van der Waals surface area contributed by atoms with Crippen molar-refractivity contribution >= 4 is 0 Å². The van der Waals surface area contributed by atoms with Gasteiger partial charge in [-0.15, -0.1) is 6.42 Å². The van der Waals surface area contributed by atoms with Crippen molar-refractivity contribution < 1.29 is 11.4 Å². The molecule has 0 saturated heterocycles. The average molecular weight is 180 g/mol. The van der Waals surface area contributed by atoms with Crippen molar-refractivity contribution in [1.29, 1.82) is 0 Å². The van der Waals surface area contributed by atoms with Crippen LogP contribution in [0.5, 0.6) is 0 Å². The van der Waals surface area contributed by atoms with E-state index in [2.05, 4.69) is 29.6 Å². The number of terminal acetylenes is 1. The topological polar surface area (TPSA) is 0 Å². The van der Waals surface area contributed by atoms with E-state index in [1.165, 1.54) is 5.56 Å². The van der Waals surface area contributed by atoms with E-state index >= 15 is 0 Å². The molecule has 0 aromatic heterocycles. The van der Waals surface area contributed by atoms with Gasteiger partial charge in [0.15, 0.2) is 0 Å². The van der Waals surface area contributed by atoms with Crippen molar-refractivity contribution in [1.82, 2.24) is 0 Å². The lowest BCUT2D eigenvalue weighted by atomic mass is 10.2. The quantitative estimate of drug-likeness (QED) is 0.530. The van der Waals surface area contributed by atoms with Crippen LogP contribution >= 0.6 is 0 Å². The van der Waals surface area contributed by atoms with E-state index in [-0.39, 0.29) is 11.4 Å². The predicted octanol–water partition coefficient (Wildman–Crippen LogP) is 3.95. The molecule has 0 aliphatic rings. The number of benzene rings is 1. The molecule has 0 fully saturated rings. The second kappa shape index (κ2) is 4.71. The Morgan fingerprint density at radius 1 is 1.08 bits per heavy atom. The monoisotopic (exact) mass is 180 g/mol. The van der Waals surface area contributed by atoms with Crippen LogP contribution in [0.25, 0.3) is 0 Å². The highest BCUT2D eigenvalue weighted by Gasteiger charge is 1.83. The van der Waals surface area contributed by atoms with E-state index in [0.717, 1.165) is 5.56 Å². The predicted molar refractivity (Wildman–Crippen MR) is 71.6 cm³/mol. The van der Waals surface area contributed by atoms with Crippen LogP contribution in [-0.2, 0) is 0 Å². The largest absolute Gasteiger partial charge is 0.106 e. The first kappa shape index (κ1) is 8.99. The van der Waals surface area contributed by atoms with Crippen molar-refractivity contribution in [2.45, 2.75) is 6.92 Å². The normalized spacial score (nSPS) is 7.08. The standard InChI is InChI=1S/C13H8.8H2/c1-3-4-5-6-7-13-10-8-12(2)9-11-13;;;;;;;;/h1,8-11H,2H3;8*1H. The molecule has 1 rings (SSSR count). The second-order valence-corrected chi connectivity index (χ2v) is 2.51. The lowest BCUT2D eigenvalue weighted by Crippen LogP contribution is -1.74. The summed E-state index contributed by atoms with van der Waals surface area (Å²) in [5.41, 5.74) is 2.18. The lowest BCUT2D eigenvalue weighted by molar-refractivity contribution is 1.46. The lowest BCUT2D eigenvalue weighted by Gasteiger charge is -1.89. The number of hydrogen-bond acceptors (Lipinski definition) is 0. The van der Waals surface area contributed by atoms with Gasteiger partial charge < -0.3 is 0 Å². The molecule has 0 saturated carbocycles. The number of hydrogen-bond donors (Lipinski definition) is 0. The molecule has 0 unspecified atom stereocenters. The van der Waals surface area contributed by atoms with Gasteiger partial charge in [0, 0.05) is 17.0 Å². The molecule has 0 aliphatic heterocycles. The molecule has 0 nitrogen and oxygen atoms in total. The fourth-order valence-electron chi connectivity index (χ4n) is 0.808. The van der Waals surface area contributed by atoms with E-state index in [4.69, 9.17) is 6.42 Å². The molecule has 76 valence electrons. The van der Waals surface area contributed by atoms with E-state index < -0.39 is 0 Å². The molecular weight excluding hydrogens is 156 g/mol.